The Balaban J connectivity index is 1.93. The Morgan fingerprint density at radius 3 is 2.63 bits per heavy atom. The number of nitrogen functional groups attached to an aromatic ring is 1. The molecule has 0 saturated heterocycles. The molecule has 1 unspecified atom stereocenters. The van der Waals surface area contributed by atoms with E-state index >= 15 is 0 Å². The van der Waals surface area contributed by atoms with E-state index in [-0.39, 0.29) is 22.8 Å². The van der Waals surface area contributed by atoms with Gasteiger partial charge in [0.1, 0.15) is 35.4 Å². The number of nitriles is 1. The predicted octanol–water partition coefficient (Wildman–Crippen LogP) is 3.11. The maximum absolute atomic E-state index is 13.5. The van der Waals surface area contributed by atoms with E-state index in [0.29, 0.717) is 22.4 Å². The Kier molecular flexibility index (Phi) is 4.86. The molecular weight excluding hydrogens is 378 g/mol. The molecule has 0 spiro atoms. The van der Waals surface area contributed by atoms with Gasteiger partial charge in [0, 0.05) is 0 Å². The first-order chi connectivity index (χ1) is 14.5. The predicted molar refractivity (Wildman–Crippen MR) is 115 cm³/mol. The number of aromatic nitrogens is 4. The molecule has 30 heavy (non-hydrogen) atoms. The zero-order valence-electron chi connectivity index (χ0n) is 16.5. The highest BCUT2D eigenvalue weighted by molar-refractivity contribution is 5.81. The van der Waals surface area contributed by atoms with E-state index in [1.807, 2.05) is 68.4 Å². The van der Waals surface area contributed by atoms with Crippen LogP contribution in [0, 0.1) is 18.3 Å². The number of nitrogens with zero attached hydrogens (tertiary/aromatic N) is 5. The lowest BCUT2D eigenvalue weighted by Gasteiger charge is -2.21. The van der Waals surface area contributed by atoms with Gasteiger partial charge >= 0.3 is 0 Å². The molecule has 0 bridgehead atoms. The SMILES string of the molecule is Cc1cccc2nc(C(C)Nc3ncnc(N)c3C#N)n(-c3ccccc3)c(=O)c12. The number of benzene rings is 2. The van der Waals surface area contributed by atoms with Gasteiger partial charge in [-0.3, -0.25) is 9.36 Å². The maximum Gasteiger partial charge on any atom is 0.266 e. The minimum Gasteiger partial charge on any atom is -0.382 e. The number of para-hydroxylation sites is 1. The van der Waals surface area contributed by atoms with E-state index in [1.54, 1.807) is 4.57 Å². The zero-order valence-corrected chi connectivity index (χ0v) is 16.5. The summed E-state index contributed by atoms with van der Waals surface area (Å²) in [4.78, 5) is 26.3. The Morgan fingerprint density at radius 2 is 1.90 bits per heavy atom. The Morgan fingerprint density at radius 1 is 1.13 bits per heavy atom. The minimum atomic E-state index is -0.454. The lowest BCUT2D eigenvalue weighted by Crippen LogP contribution is -2.28. The van der Waals surface area contributed by atoms with E-state index in [1.165, 1.54) is 6.33 Å². The monoisotopic (exact) mass is 397 g/mol. The minimum absolute atomic E-state index is 0.0877. The van der Waals surface area contributed by atoms with Crippen molar-refractivity contribution in [3.8, 4) is 11.8 Å². The van der Waals surface area contributed by atoms with Gasteiger partial charge in [-0.25, -0.2) is 15.0 Å². The van der Waals surface area contributed by atoms with Gasteiger partial charge in [-0.1, -0.05) is 30.3 Å². The lowest BCUT2D eigenvalue weighted by atomic mass is 10.1. The summed E-state index contributed by atoms with van der Waals surface area (Å²) >= 11 is 0. The molecule has 4 aromatic rings. The third-order valence-electron chi connectivity index (χ3n) is 4.88. The highest BCUT2D eigenvalue weighted by Crippen LogP contribution is 2.24. The topological polar surface area (TPSA) is 123 Å². The maximum atomic E-state index is 13.5. The van der Waals surface area contributed by atoms with Crippen LogP contribution in [0.1, 0.15) is 29.9 Å². The molecule has 0 aliphatic heterocycles. The van der Waals surface area contributed by atoms with Crippen molar-refractivity contribution in [2.45, 2.75) is 19.9 Å². The van der Waals surface area contributed by atoms with Crippen molar-refractivity contribution in [2.75, 3.05) is 11.1 Å². The highest BCUT2D eigenvalue weighted by Gasteiger charge is 2.20. The summed E-state index contributed by atoms with van der Waals surface area (Å²) in [5.74, 6) is 0.866. The Labute approximate surface area is 172 Å². The van der Waals surface area contributed by atoms with Crippen molar-refractivity contribution in [1.82, 2.24) is 19.5 Å². The van der Waals surface area contributed by atoms with Gasteiger partial charge in [0.2, 0.25) is 0 Å². The van der Waals surface area contributed by atoms with Gasteiger partial charge in [-0.05, 0) is 37.6 Å². The first-order valence-electron chi connectivity index (χ1n) is 9.36. The number of nitrogens with two attached hydrogens (primary N) is 1. The fourth-order valence-electron chi connectivity index (χ4n) is 3.42. The van der Waals surface area contributed by atoms with Gasteiger partial charge in [0.25, 0.3) is 5.56 Å². The molecule has 148 valence electrons. The average molecular weight is 397 g/mol. The van der Waals surface area contributed by atoms with Gasteiger partial charge in [-0.2, -0.15) is 5.26 Å². The summed E-state index contributed by atoms with van der Waals surface area (Å²) in [7, 11) is 0. The number of nitrogens with one attached hydrogen (secondary N) is 1. The Hall–Kier alpha value is -4.25. The van der Waals surface area contributed by atoms with Crippen LogP contribution in [-0.2, 0) is 0 Å². The van der Waals surface area contributed by atoms with Gasteiger partial charge < -0.3 is 11.1 Å². The van der Waals surface area contributed by atoms with Crippen LogP contribution in [0.2, 0.25) is 0 Å². The van der Waals surface area contributed by atoms with Crippen LogP contribution in [0.5, 0.6) is 0 Å². The average Bonchev–Trinajstić information content (AvgIpc) is 2.74. The van der Waals surface area contributed by atoms with E-state index in [4.69, 9.17) is 10.7 Å². The highest BCUT2D eigenvalue weighted by atomic mass is 16.1. The van der Waals surface area contributed by atoms with Gasteiger partial charge in [-0.15, -0.1) is 0 Å². The molecule has 1 atom stereocenters. The summed E-state index contributed by atoms with van der Waals surface area (Å²) in [5, 5.41) is 13.1. The number of hydrogen-bond acceptors (Lipinski definition) is 7. The van der Waals surface area contributed by atoms with Crippen LogP contribution < -0.4 is 16.6 Å². The Bertz CT molecular complexity index is 1340. The number of anilines is 2. The van der Waals surface area contributed by atoms with E-state index < -0.39 is 6.04 Å². The largest absolute Gasteiger partial charge is 0.382 e. The fraction of sp³-hybridized carbons (Fsp3) is 0.136. The third kappa shape index (κ3) is 3.22. The summed E-state index contributed by atoms with van der Waals surface area (Å²) in [6.07, 6.45) is 1.28. The molecule has 2 heterocycles. The zero-order chi connectivity index (χ0) is 21.3. The molecule has 0 saturated carbocycles. The van der Waals surface area contributed by atoms with Gasteiger partial charge in [0.15, 0.2) is 0 Å². The van der Waals surface area contributed by atoms with Crippen LogP contribution in [-0.4, -0.2) is 19.5 Å². The quantitative estimate of drug-likeness (QED) is 0.542. The molecule has 0 aliphatic carbocycles. The number of hydrogen-bond donors (Lipinski definition) is 2. The lowest BCUT2D eigenvalue weighted by molar-refractivity contribution is 0.730. The molecule has 0 fully saturated rings. The smallest absolute Gasteiger partial charge is 0.266 e. The molecule has 2 aromatic heterocycles. The summed E-state index contributed by atoms with van der Waals surface area (Å²) in [6, 6.07) is 16.5. The molecule has 8 heteroatoms. The molecule has 3 N–H and O–H groups in total. The van der Waals surface area contributed by atoms with Crippen LogP contribution in [0.4, 0.5) is 11.6 Å². The van der Waals surface area contributed by atoms with Crippen molar-refractivity contribution < 1.29 is 0 Å². The number of fused-ring (bicyclic) bond motifs is 1. The second kappa shape index (κ2) is 7.64. The fourth-order valence-corrected chi connectivity index (χ4v) is 3.42. The van der Waals surface area contributed by atoms with Crippen LogP contribution in [0.3, 0.4) is 0 Å². The van der Waals surface area contributed by atoms with Crippen LogP contribution in [0.25, 0.3) is 16.6 Å². The van der Waals surface area contributed by atoms with Crippen molar-refractivity contribution in [1.29, 1.82) is 5.26 Å². The second-order valence-corrected chi connectivity index (χ2v) is 6.88. The molecule has 2 aromatic carbocycles. The molecule has 8 nitrogen and oxygen atoms in total. The van der Waals surface area contributed by atoms with Crippen molar-refractivity contribution in [3.63, 3.8) is 0 Å². The molecule has 0 aliphatic rings. The third-order valence-corrected chi connectivity index (χ3v) is 4.88. The standard InChI is InChI=1S/C22H19N7O/c1-13-7-6-10-17-18(13)22(30)29(15-8-4-3-5-9-15)21(28-17)14(2)27-20-16(11-23)19(24)25-12-26-20/h3-10,12,14H,1-2H3,(H3,24,25,26,27). The normalized spacial score (nSPS) is 11.8. The van der Waals surface area contributed by atoms with E-state index in [0.717, 1.165) is 5.56 Å². The van der Waals surface area contributed by atoms with Crippen molar-refractivity contribution in [3.05, 3.63) is 82.2 Å². The summed E-state index contributed by atoms with van der Waals surface area (Å²) in [5.41, 5.74) is 7.96. The number of aryl methyl sites for hydroxylation is 1. The van der Waals surface area contributed by atoms with E-state index in [2.05, 4.69) is 15.3 Å². The molecular formula is C22H19N7O. The first-order valence-corrected chi connectivity index (χ1v) is 9.36. The van der Waals surface area contributed by atoms with Crippen LogP contribution in [0.15, 0.2) is 59.7 Å². The van der Waals surface area contributed by atoms with Crippen molar-refractivity contribution in [2.24, 2.45) is 0 Å². The molecule has 0 radical (unpaired) electrons. The molecule has 0 amide bonds. The van der Waals surface area contributed by atoms with Crippen LogP contribution >= 0.6 is 0 Å². The summed E-state index contributed by atoms with van der Waals surface area (Å²) < 4.78 is 1.59. The first kappa shape index (κ1) is 19.1. The van der Waals surface area contributed by atoms with E-state index in [9.17, 15) is 10.1 Å². The van der Waals surface area contributed by atoms with Crippen molar-refractivity contribution >= 4 is 22.5 Å². The van der Waals surface area contributed by atoms with Gasteiger partial charge in [0.05, 0.1) is 22.6 Å². The second-order valence-electron chi connectivity index (χ2n) is 6.88. The number of rotatable bonds is 4. The summed E-state index contributed by atoms with van der Waals surface area (Å²) in [6.45, 7) is 3.74. The molecule has 4 rings (SSSR count).